The van der Waals surface area contributed by atoms with Crippen LogP contribution in [0.2, 0.25) is 0 Å². The number of hydrogen-bond donors (Lipinski definition) is 3. The van der Waals surface area contributed by atoms with Crippen LogP contribution in [0.15, 0.2) is 17.6 Å². The van der Waals surface area contributed by atoms with E-state index in [1.54, 1.807) is 0 Å². The van der Waals surface area contributed by atoms with Gasteiger partial charge in [-0.2, -0.15) is 0 Å². The van der Waals surface area contributed by atoms with Crippen LogP contribution in [-0.2, 0) is 14.8 Å². The molecule has 1 aliphatic heterocycles. The van der Waals surface area contributed by atoms with Crippen LogP contribution < -0.4 is 10.0 Å². The van der Waals surface area contributed by atoms with Gasteiger partial charge in [0.15, 0.2) is 5.03 Å². The standard InChI is InChI=1S/C10H18N4O3S/c15-18(16,10-7-12-8-13-10)14-5-6-17-9-1-3-11-4-2-9/h7-9,11,14H,1-6H2,(H,12,13). The van der Waals surface area contributed by atoms with Gasteiger partial charge >= 0.3 is 0 Å². The van der Waals surface area contributed by atoms with Crippen LogP contribution in [0.4, 0.5) is 0 Å². The molecule has 0 bridgehead atoms. The molecule has 102 valence electrons. The van der Waals surface area contributed by atoms with Gasteiger partial charge in [-0.05, 0) is 25.9 Å². The van der Waals surface area contributed by atoms with Crippen LogP contribution >= 0.6 is 0 Å². The summed E-state index contributed by atoms with van der Waals surface area (Å²) in [4.78, 5) is 6.23. The number of nitrogens with zero attached hydrogens (tertiary/aromatic N) is 1. The molecule has 18 heavy (non-hydrogen) atoms. The number of imidazole rings is 1. The maximum atomic E-state index is 11.7. The first kappa shape index (κ1) is 13.5. The third-order valence-electron chi connectivity index (χ3n) is 2.80. The van der Waals surface area contributed by atoms with E-state index in [4.69, 9.17) is 4.74 Å². The second-order valence-electron chi connectivity index (χ2n) is 4.13. The highest BCUT2D eigenvalue weighted by molar-refractivity contribution is 7.89. The molecular weight excluding hydrogens is 256 g/mol. The highest BCUT2D eigenvalue weighted by atomic mass is 32.2. The number of hydrogen-bond acceptors (Lipinski definition) is 5. The molecule has 1 aromatic heterocycles. The number of piperidine rings is 1. The fraction of sp³-hybridized carbons (Fsp3) is 0.700. The van der Waals surface area contributed by atoms with Gasteiger partial charge in [0.05, 0.1) is 25.2 Å². The zero-order valence-corrected chi connectivity index (χ0v) is 10.9. The predicted molar refractivity (Wildman–Crippen MR) is 65.6 cm³/mol. The van der Waals surface area contributed by atoms with Gasteiger partial charge in [0.25, 0.3) is 10.0 Å². The molecule has 0 atom stereocenters. The Morgan fingerprint density at radius 2 is 2.22 bits per heavy atom. The molecule has 0 unspecified atom stereocenters. The maximum Gasteiger partial charge on any atom is 0.257 e. The van der Waals surface area contributed by atoms with Crippen LogP contribution in [0.25, 0.3) is 0 Å². The van der Waals surface area contributed by atoms with Crippen LogP contribution in [0.3, 0.4) is 0 Å². The maximum absolute atomic E-state index is 11.7. The first-order valence-electron chi connectivity index (χ1n) is 5.99. The van der Waals surface area contributed by atoms with E-state index in [0.29, 0.717) is 6.61 Å². The number of nitrogens with one attached hydrogen (secondary N) is 3. The van der Waals surface area contributed by atoms with Crippen molar-refractivity contribution in [3.8, 4) is 0 Å². The number of aromatic nitrogens is 2. The third-order valence-corrected chi connectivity index (χ3v) is 4.18. The minimum Gasteiger partial charge on any atom is -0.377 e. The van der Waals surface area contributed by atoms with Gasteiger partial charge in [0, 0.05) is 6.54 Å². The Morgan fingerprint density at radius 1 is 1.44 bits per heavy atom. The van der Waals surface area contributed by atoms with Gasteiger partial charge in [-0.3, -0.25) is 0 Å². The Bertz CT molecular complexity index is 440. The summed E-state index contributed by atoms with van der Waals surface area (Å²) >= 11 is 0. The number of ether oxygens (including phenoxy) is 1. The molecule has 2 heterocycles. The normalized spacial score (nSPS) is 18.0. The van der Waals surface area contributed by atoms with Crippen LogP contribution in [0.5, 0.6) is 0 Å². The van der Waals surface area contributed by atoms with Crippen molar-refractivity contribution in [2.75, 3.05) is 26.2 Å². The summed E-state index contributed by atoms with van der Waals surface area (Å²) in [6.45, 7) is 2.58. The van der Waals surface area contributed by atoms with Gasteiger partial charge in [0.2, 0.25) is 0 Å². The van der Waals surface area contributed by atoms with Crippen molar-refractivity contribution in [2.45, 2.75) is 24.0 Å². The lowest BCUT2D eigenvalue weighted by Crippen LogP contribution is -2.34. The number of rotatable bonds is 6. The van der Waals surface area contributed by atoms with Crippen LogP contribution in [-0.4, -0.2) is 50.7 Å². The zero-order chi connectivity index (χ0) is 12.8. The summed E-state index contributed by atoms with van der Waals surface area (Å²) in [5.41, 5.74) is 0. The summed E-state index contributed by atoms with van der Waals surface area (Å²) in [7, 11) is -3.48. The van der Waals surface area contributed by atoms with E-state index in [1.165, 1.54) is 12.5 Å². The quantitative estimate of drug-likeness (QED) is 0.605. The van der Waals surface area contributed by atoms with E-state index in [0.717, 1.165) is 25.9 Å². The van der Waals surface area contributed by atoms with Crippen molar-refractivity contribution in [3.63, 3.8) is 0 Å². The summed E-state index contributed by atoms with van der Waals surface area (Å²) in [5, 5.41) is 3.32. The van der Waals surface area contributed by atoms with E-state index in [1.807, 2.05) is 0 Å². The minimum absolute atomic E-state index is 0.0735. The molecule has 7 nitrogen and oxygen atoms in total. The molecule has 0 radical (unpaired) electrons. The molecule has 8 heteroatoms. The van der Waals surface area contributed by atoms with Gasteiger partial charge in [-0.25, -0.2) is 18.1 Å². The fourth-order valence-corrected chi connectivity index (χ4v) is 2.75. The average Bonchev–Trinajstić information content (AvgIpc) is 2.91. The topological polar surface area (TPSA) is 96.1 Å². The van der Waals surface area contributed by atoms with Crippen molar-refractivity contribution in [2.24, 2.45) is 0 Å². The molecular formula is C10H18N4O3S. The molecule has 0 spiro atoms. The molecule has 0 saturated carbocycles. The molecule has 1 aliphatic rings. The Morgan fingerprint density at radius 3 is 2.89 bits per heavy atom. The summed E-state index contributed by atoms with van der Waals surface area (Å²) in [5.74, 6) is 0. The zero-order valence-electron chi connectivity index (χ0n) is 10.1. The Balaban J connectivity index is 1.69. The molecule has 2 rings (SSSR count). The van der Waals surface area contributed by atoms with E-state index >= 15 is 0 Å². The van der Waals surface area contributed by atoms with Crippen LogP contribution in [0, 0.1) is 0 Å². The van der Waals surface area contributed by atoms with Gasteiger partial charge in [0.1, 0.15) is 0 Å². The summed E-state index contributed by atoms with van der Waals surface area (Å²) in [6.07, 6.45) is 4.80. The van der Waals surface area contributed by atoms with E-state index in [9.17, 15) is 8.42 Å². The fourth-order valence-electron chi connectivity index (χ4n) is 1.83. The summed E-state index contributed by atoms with van der Waals surface area (Å²) < 4.78 is 31.5. The molecule has 1 fully saturated rings. The third kappa shape index (κ3) is 3.77. The second-order valence-corrected chi connectivity index (χ2v) is 5.87. The molecule has 0 aliphatic carbocycles. The highest BCUT2D eigenvalue weighted by Crippen LogP contribution is 2.06. The second kappa shape index (κ2) is 6.28. The molecule has 0 aromatic carbocycles. The molecule has 3 N–H and O–H groups in total. The Labute approximate surface area is 106 Å². The van der Waals surface area contributed by atoms with Crippen molar-refractivity contribution < 1.29 is 13.2 Å². The molecule has 1 aromatic rings. The van der Waals surface area contributed by atoms with Crippen LogP contribution in [0.1, 0.15) is 12.8 Å². The SMILES string of the molecule is O=S(=O)(NCCOC1CCNCC1)c1cnc[nH]1. The summed E-state index contributed by atoms with van der Waals surface area (Å²) in [6, 6.07) is 0. The van der Waals surface area contributed by atoms with E-state index in [2.05, 4.69) is 20.0 Å². The number of sulfonamides is 1. The smallest absolute Gasteiger partial charge is 0.257 e. The lowest BCUT2D eigenvalue weighted by molar-refractivity contribution is 0.0366. The van der Waals surface area contributed by atoms with Crippen molar-refractivity contribution in [1.29, 1.82) is 0 Å². The first-order valence-corrected chi connectivity index (χ1v) is 7.47. The molecule has 1 saturated heterocycles. The largest absolute Gasteiger partial charge is 0.377 e. The predicted octanol–water partition coefficient (Wildman–Crippen LogP) is -0.543. The number of H-pyrrole nitrogens is 1. The minimum atomic E-state index is -3.48. The lowest BCUT2D eigenvalue weighted by atomic mass is 10.1. The van der Waals surface area contributed by atoms with Crippen molar-refractivity contribution in [1.82, 2.24) is 20.0 Å². The van der Waals surface area contributed by atoms with Crippen molar-refractivity contribution >= 4 is 10.0 Å². The van der Waals surface area contributed by atoms with Gasteiger partial charge < -0.3 is 15.0 Å². The monoisotopic (exact) mass is 274 g/mol. The van der Waals surface area contributed by atoms with E-state index < -0.39 is 10.0 Å². The van der Waals surface area contributed by atoms with Crippen molar-refractivity contribution in [3.05, 3.63) is 12.5 Å². The van der Waals surface area contributed by atoms with E-state index in [-0.39, 0.29) is 17.7 Å². The van der Waals surface area contributed by atoms with Gasteiger partial charge in [-0.1, -0.05) is 0 Å². The molecule has 0 amide bonds. The Hall–Kier alpha value is -0.960. The number of aromatic amines is 1. The van der Waals surface area contributed by atoms with Gasteiger partial charge in [-0.15, -0.1) is 0 Å². The first-order chi connectivity index (χ1) is 8.68. The highest BCUT2D eigenvalue weighted by Gasteiger charge is 2.16. The Kier molecular flexibility index (Phi) is 4.70. The average molecular weight is 274 g/mol. The lowest BCUT2D eigenvalue weighted by Gasteiger charge is -2.22.